The Balaban J connectivity index is 1.24. The number of rotatable bonds is 4. The molecule has 2 aliphatic rings. The van der Waals surface area contributed by atoms with Crippen LogP contribution in [0.3, 0.4) is 0 Å². The van der Waals surface area contributed by atoms with E-state index in [0.717, 1.165) is 55.0 Å². The Bertz CT molecular complexity index is 1090. The summed E-state index contributed by atoms with van der Waals surface area (Å²) in [5.74, 6) is 1.12. The first-order chi connectivity index (χ1) is 15.1. The zero-order chi connectivity index (χ0) is 21.4. The van der Waals surface area contributed by atoms with Crippen molar-refractivity contribution < 1.29 is 14.1 Å². The van der Waals surface area contributed by atoms with Crippen LogP contribution in [0.5, 0.6) is 0 Å². The molecule has 2 aliphatic heterocycles. The molecule has 1 atom stereocenters. The van der Waals surface area contributed by atoms with Gasteiger partial charge in [0.15, 0.2) is 5.76 Å². The molecule has 9 heteroatoms. The second-order valence-electron chi connectivity index (χ2n) is 7.88. The van der Waals surface area contributed by atoms with Crippen LogP contribution in [-0.4, -0.2) is 46.7 Å². The molecule has 31 heavy (non-hydrogen) atoms. The topological polar surface area (TPSA) is 68.5 Å². The van der Waals surface area contributed by atoms with Crippen LogP contribution in [0.1, 0.15) is 36.6 Å². The van der Waals surface area contributed by atoms with E-state index in [9.17, 15) is 4.79 Å². The summed E-state index contributed by atoms with van der Waals surface area (Å²) in [4.78, 5) is 19.3. The van der Waals surface area contributed by atoms with E-state index in [1.165, 1.54) is 0 Å². The minimum atomic E-state index is -0.237. The highest BCUT2D eigenvalue weighted by atomic mass is 35.5. The Hall–Kier alpha value is -1.93. The Kier molecular flexibility index (Phi) is 6.01. The van der Waals surface area contributed by atoms with Gasteiger partial charge in [-0.2, -0.15) is 0 Å². The quantitative estimate of drug-likeness (QED) is 0.484. The lowest BCUT2D eigenvalue weighted by molar-refractivity contribution is -0.142. The molecule has 0 radical (unpaired) electrons. The number of carbonyl (C=O) groups excluding carboxylic acids is 1. The van der Waals surface area contributed by atoms with Gasteiger partial charge in [0.25, 0.3) is 5.91 Å². The Morgan fingerprint density at radius 2 is 1.94 bits per heavy atom. The predicted molar refractivity (Wildman–Crippen MR) is 121 cm³/mol. The zero-order valence-electron chi connectivity index (χ0n) is 16.7. The van der Waals surface area contributed by atoms with Crippen LogP contribution >= 0.6 is 34.5 Å². The largest absolute Gasteiger partial charge is 0.368 e. The van der Waals surface area contributed by atoms with Gasteiger partial charge in [-0.1, -0.05) is 34.4 Å². The molecular weight excluding hydrogens is 457 g/mol. The van der Waals surface area contributed by atoms with Crippen molar-refractivity contribution in [3.8, 4) is 22.7 Å². The lowest BCUT2D eigenvalue weighted by Crippen LogP contribution is -2.43. The number of nitrogens with zero attached hydrogens (tertiary/aromatic N) is 3. The van der Waals surface area contributed by atoms with E-state index >= 15 is 0 Å². The lowest BCUT2D eigenvalue weighted by Gasteiger charge is -2.32. The third-order valence-corrected chi connectivity index (χ3v) is 7.61. The van der Waals surface area contributed by atoms with Gasteiger partial charge in [0, 0.05) is 42.6 Å². The number of likely N-dealkylation sites (tertiary alicyclic amines) is 1. The third-order valence-electron chi connectivity index (χ3n) is 5.86. The first-order valence-electron chi connectivity index (χ1n) is 10.4. The molecule has 3 aromatic rings. The molecular formula is C22H21Cl2N3O3S. The van der Waals surface area contributed by atoms with Crippen molar-refractivity contribution in [3.05, 3.63) is 44.7 Å². The number of benzene rings is 1. The highest BCUT2D eigenvalue weighted by Crippen LogP contribution is 2.35. The molecule has 1 unspecified atom stereocenters. The smallest absolute Gasteiger partial charge is 0.251 e. The van der Waals surface area contributed by atoms with Gasteiger partial charge < -0.3 is 14.2 Å². The minimum Gasteiger partial charge on any atom is -0.368 e. The molecule has 1 amide bonds. The highest BCUT2D eigenvalue weighted by Gasteiger charge is 2.32. The molecule has 4 heterocycles. The van der Waals surface area contributed by atoms with E-state index in [2.05, 4.69) is 5.16 Å². The molecule has 0 aliphatic carbocycles. The molecule has 0 spiro atoms. The standard InChI is InChI=1S/C22H21Cl2N3O3S/c23-15-4-3-14(10-16(15)24)17-11-20(30-26-17)18-12-31-21(25-18)13-5-7-27(8-6-13)22(28)19-2-1-9-29-19/h3-4,10-13,19H,1-2,5-9H2. The van der Waals surface area contributed by atoms with Crippen molar-refractivity contribution in [1.29, 1.82) is 0 Å². The summed E-state index contributed by atoms with van der Waals surface area (Å²) < 4.78 is 11.1. The molecule has 1 aromatic carbocycles. The Morgan fingerprint density at radius 3 is 2.68 bits per heavy atom. The molecule has 5 rings (SSSR count). The van der Waals surface area contributed by atoms with Crippen molar-refractivity contribution in [2.75, 3.05) is 19.7 Å². The second kappa shape index (κ2) is 8.90. The van der Waals surface area contributed by atoms with Gasteiger partial charge in [0.05, 0.1) is 15.1 Å². The normalized spacial score (nSPS) is 19.8. The fourth-order valence-corrected chi connectivity index (χ4v) is 5.38. The van der Waals surface area contributed by atoms with Crippen LogP contribution in [0.4, 0.5) is 0 Å². The van der Waals surface area contributed by atoms with Gasteiger partial charge in [0.1, 0.15) is 17.5 Å². The van der Waals surface area contributed by atoms with E-state index in [1.54, 1.807) is 23.5 Å². The van der Waals surface area contributed by atoms with Gasteiger partial charge in [-0.15, -0.1) is 11.3 Å². The summed E-state index contributed by atoms with van der Waals surface area (Å²) >= 11 is 13.7. The van der Waals surface area contributed by atoms with Crippen molar-refractivity contribution in [1.82, 2.24) is 15.0 Å². The average molecular weight is 478 g/mol. The third kappa shape index (κ3) is 4.37. The Labute approximate surface area is 194 Å². The van der Waals surface area contributed by atoms with E-state index in [0.29, 0.717) is 34.0 Å². The van der Waals surface area contributed by atoms with Gasteiger partial charge in [-0.05, 0) is 37.8 Å². The number of halogens is 2. The molecule has 0 saturated carbocycles. The van der Waals surface area contributed by atoms with E-state index in [-0.39, 0.29) is 12.0 Å². The van der Waals surface area contributed by atoms with Crippen LogP contribution in [0, 0.1) is 0 Å². The predicted octanol–water partition coefficient (Wildman–Crippen LogP) is 5.66. The molecule has 0 bridgehead atoms. The van der Waals surface area contributed by atoms with E-state index in [1.807, 2.05) is 22.4 Å². The van der Waals surface area contributed by atoms with Crippen LogP contribution in [0.25, 0.3) is 22.7 Å². The summed E-state index contributed by atoms with van der Waals surface area (Å²) in [5.41, 5.74) is 2.30. The summed E-state index contributed by atoms with van der Waals surface area (Å²) in [5, 5.41) is 8.21. The monoisotopic (exact) mass is 477 g/mol. The van der Waals surface area contributed by atoms with Crippen molar-refractivity contribution in [2.24, 2.45) is 0 Å². The maximum absolute atomic E-state index is 12.5. The summed E-state index contributed by atoms with van der Waals surface area (Å²) in [6.07, 6.45) is 3.41. The minimum absolute atomic E-state index is 0.146. The van der Waals surface area contributed by atoms with Crippen LogP contribution < -0.4 is 0 Å². The first kappa shape index (κ1) is 20.9. The molecule has 0 N–H and O–H groups in total. The molecule has 2 aromatic heterocycles. The summed E-state index contributed by atoms with van der Waals surface area (Å²) in [7, 11) is 0. The molecule has 2 fully saturated rings. The van der Waals surface area contributed by atoms with Crippen LogP contribution in [0.2, 0.25) is 10.0 Å². The number of carbonyl (C=O) groups is 1. The zero-order valence-corrected chi connectivity index (χ0v) is 19.1. The fourth-order valence-electron chi connectivity index (χ4n) is 4.10. The van der Waals surface area contributed by atoms with Gasteiger partial charge in [-0.25, -0.2) is 4.98 Å². The number of thiazole rings is 1. The van der Waals surface area contributed by atoms with Crippen LogP contribution in [0.15, 0.2) is 34.2 Å². The summed E-state index contributed by atoms with van der Waals surface area (Å²) in [6.45, 7) is 2.20. The SMILES string of the molecule is O=C(C1CCCO1)N1CCC(c2nc(-c3cc(-c4ccc(Cl)c(Cl)c4)no3)cs2)CC1. The molecule has 162 valence electrons. The number of piperidine rings is 1. The second-order valence-corrected chi connectivity index (χ2v) is 9.58. The maximum atomic E-state index is 12.5. The van der Waals surface area contributed by atoms with Gasteiger partial charge >= 0.3 is 0 Å². The van der Waals surface area contributed by atoms with Crippen molar-refractivity contribution in [2.45, 2.75) is 37.7 Å². The molecule has 6 nitrogen and oxygen atoms in total. The summed E-state index contributed by atoms with van der Waals surface area (Å²) in [6, 6.07) is 7.23. The number of aromatic nitrogens is 2. The number of hydrogen-bond donors (Lipinski definition) is 0. The highest BCUT2D eigenvalue weighted by molar-refractivity contribution is 7.10. The van der Waals surface area contributed by atoms with E-state index < -0.39 is 0 Å². The average Bonchev–Trinajstić information content (AvgIpc) is 3.56. The van der Waals surface area contributed by atoms with Gasteiger partial charge in [-0.3, -0.25) is 4.79 Å². The lowest BCUT2D eigenvalue weighted by atomic mass is 9.97. The van der Waals surface area contributed by atoms with Crippen molar-refractivity contribution in [3.63, 3.8) is 0 Å². The first-order valence-corrected chi connectivity index (χ1v) is 12.0. The van der Waals surface area contributed by atoms with Crippen LogP contribution in [-0.2, 0) is 9.53 Å². The van der Waals surface area contributed by atoms with Crippen molar-refractivity contribution >= 4 is 40.4 Å². The number of ether oxygens (including phenoxy) is 1. The van der Waals surface area contributed by atoms with Gasteiger partial charge in [0.2, 0.25) is 0 Å². The number of hydrogen-bond acceptors (Lipinski definition) is 6. The van der Waals surface area contributed by atoms with E-state index in [4.69, 9.17) is 37.4 Å². The molecule has 2 saturated heterocycles. The fraction of sp³-hybridized carbons (Fsp3) is 0.409. The maximum Gasteiger partial charge on any atom is 0.251 e. The Morgan fingerprint density at radius 1 is 1.10 bits per heavy atom. The number of amides is 1.